The van der Waals surface area contributed by atoms with Crippen LogP contribution < -0.4 is 0 Å². The summed E-state index contributed by atoms with van der Waals surface area (Å²) < 4.78 is 11.8. The molecule has 0 heterocycles. The fourth-order valence-electron chi connectivity index (χ4n) is 0.673. The molecule has 0 radical (unpaired) electrons. The molecule has 0 aliphatic rings. The van der Waals surface area contributed by atoms with Gasteiger partial charge in [0, 0.05) is 6.42 Å². The summed E-state index contributed by atoms with van der Waals surface area (Å²) in [5.41, 5.74) is 0.919. The first kappa shape index (κ1) is 12.1. The topological polar surface area (TPSA) is 21.6 Å². The van der Waals surface area contributed by atoms with Crippen molar-refractivity contribution < 1.29 is 9.23 Å². The molecular weight excluding hydrogens is 169 g/mol. The standard InChI is InChI=1S/C10H18FNO/c1-5-8(2)10(4)12-13-9(3)6-7-11/h8H,3,5-7H2,1-2,4H3/b12-10-. The molecule has 0 aliphatic carbocycles. The fourth-order valence-corrected chi connectivity index (χ4v) is 0.673. The second-order valence-electron chi connectivity index (χ2n) is 3.11. The van der Waals surface area contributed by atoms with Crippen molar-refractivity contribution in [1.82, 2.24) is 0 Å². The minimum atomic E-state index is -0.448. The molecule has 1 unspecified atom stereocenters. The molecule has 0 aliphatic heterocycles. The van der Waals surface area contributed by atoms with E-state index in [1.807, 2.05) is 6.92 Å². The molecule has 0 bridgehead atoms. The maximum Gasteiger partial charge on any atom is 0.130 e. The van der Waals surface area contributed by atoms with E-state index in [4.69, 9.17) is 4.84 Å². The van der Waals surface area contributed by atoms with Gasteiger partial charge >= 0.3 is 0 Å². The molecule has 0 saturated carbocycles. The Bertz CT molecular complexity index is 189. The monoisotopic (exact) mass is 187 g/mol. The lowest BCUT2D eigenvalue weighted by molar-refractivity contribution is 0.209. The van der Waals surface area contributed by atoms with E-state index in [-0.39, 0.29) is 6.42 Å². The molecule has 0 N–H and O–H groups in total. The van der Waals surface area contributed by atoms with E-state index in [1.165, 1.54) is 0 Å². The molecule has 76 valence electrons. The highest BCUT2D eigenvalue weighted by atomic mass is 19.1. The molecule has 0 aromatic rings. The quantitative estimate of drug-likeness (QED) is 0.355. The molecule has 0 rings (SSSR count). The number of hydrogen-bond acceptors (Lipinski definition) is 2. The first-order valence-corrected chi connectivity index (χ1v) is 4.57. The second-order valence-corrected chi connectivity index (χ2v) is 3.11. The Hall–Kier alpha value is -0.860. The van der Waals surface area contributed by atoms with E-state index in [9.17, 15) is 4.39 Å². The molecule has 0 aromatic carbocycles. The van der Waals surface area contributed by atoms with Crippen LogP contribution in [0.25, 0.3) is 0 Å². The van der Waals surface area contributed by atoms with Gasteiger partial charge in [0.15, 0.2) is 0 Å². The molecular formula is C10H18FNO. The van der Waals surface area contributed by atoms with Gasteiger partial charge in [-0.15, -0.1) is 0 Å². The van der Waals surface area contributed by atoms with E-state index >= 15 is 0 Å². The Balaban J connectivity index is 3.89. The Morgan fingerprint density at radius 1 is 1.62 bits per heavy atom. The first-order valence-electron chi connectivity index (χ1n) is 4.57. The molecule has 0 amide bonds. The van der Waals surface area contributed by atoms with Crippen molar-refractivity contribution in [3.05, 3.63) is 12.3 Å². The van der Waals surface area contributed by atoms with Crippen molar-refractivity contribution in [2.24, 2.45) is 11.1 Å². The summed E-state index contributed by atoms with van der Waals surface area (Å²) in [5, 5.41) is 3.86. The van der Waals surface area contributed by atoms with Gasteiger partial charge < -0.3 is 4.84 Å². The summed E-state index contributed by atoms with van der Waals surface area (Å²) in [6.45, 7) is 9.14. The van der Waals surface area contributed by atoms with Crippen LogP contribution in [0.1, 0.15) is 33.6 Å². The maximum atomic E-state index is 11.8. The van der Waals surface area contributed by atoms with Crippen LogP contribution in [0, 0.1) is 5.92 Å². The fraction of sp³-hybridized carbons (Fsp3) is 0.700. The van der Waals surface area contributed by atoms with E-state index in [0.717, 1.165) is 12.1 Å². The number of hydrogen-bond donors (Lipinski definition) is 0. The highest BCUT2D eigenvalue weighted by Crippen LogP contribution is 2.07. The zero-order valence-electron chi connectivity index (χ0n) is 8.64. The van der Waals surface area contributed by atoms with Gasteiger partial charge in [-0.1, -0.05) is 25.6 Å². The van der Waals surface area contributed by atoms with E-state index in [2.05, 4.69) is 25.6 Å². The molecule has 1 atom stereocenters. The van der Waals surface area contributed by atoms with Crippen LogP contribution in [-0.4, -0.2) is 12.4 Å². The minimum absolute atomic E-state index is 0.220. The van der Waals surface area contributed by atoms with Gasteiger partial charge in [0.1, 0.15) is 5.76 Å². The molecule has 13 heavy (non-hydrogen) atoms. The van der Waals surface area contributed by atoms with Gasteiger partial charge in [0.05, 0.1) is 12.4 Å². The first-order chi connectivity index (χ1) is 6.11. The highest BCUT2D eigenvalue weighted by Gasteiger charge is 2.03. The Labute approximate surface area is 79.5 Å². The van der Waals surface area contributed by atoms with Gasteiger partial charge in [-0.2, -0.15) is 0 Å². The smallest absolute Gasteiger partial charge is 0.130 e. The maximum absolute atomic E-state index is 11.8. The zero-order chi connectivity index (χ0) is 10.3. The zero-order valence-corrected chi connectivity index (χ0v) is 8.64. The number of halogens is 1. The van der Waals surface area contributed by atoms with E-state index < -0.39 is 6.67 Å². The third-order valence-corrected chi connectivity index (χ3v) is 2.02. The van der Waals surface area contributed by atoms with E-state index in [1.54, 1.807) is 0 Å². The molecule has 0 spiro atoms. The van der Waals surface area contributed by atoms with Crippen molar-refractivity contribution in [2.75, 3.05) is 6.67 Å². The predicted octanol–water partition coefficient (Wildman–Crippen LogP) is 3.30. The molecule has 0 fully saturated rings. The second kappa shape index (κ2) is 6.63. The van der Waals surface area contributed by atoms with Gasteiger partial charge in [-0.05, 0) is 19.3 Å². The number of alkyl halides is 1. The van der Waals surface area contributed by atoms with Crippen LogP contribution in [0.15, 0.2) is 17.5 Å². The largest absolute Gasteiger partial charge is 0.362 e. The Morgan fingerprint density at radius 3 is 2.69 bits per heavy atom. The summed E-state index contributed by atoms with van der Waals surface area (Å²) in [6, 6.07) is 0. The lowest BCUT2D eigenvalue weighted by Crippen LogP contribution is -2.05. The SMILES string of the molecule is C=C(CCF)O/N=C(/C)C(C)CC. The van der Waals surface area contributed by atoms with Crippen LogP contribution in [0.2, 0.25) is 0 Å². The normalized spacial score (nSPS) is 14.0. The van der Waals surface area contributed by atoms with Crippen molar-refractivity contribution in [3.63, 3.8) is 0 Å². The number of allylic oxidation sites excluding steroid dienone is 1. The number of rotatable bonds is 6. The minimum Gasteiger partial charge on any atom is -0.362 e. The van der Waals surface area contributed by atoms with Gasteiger partial charge in [0.2, 0.25) is 0 Å². The van der Waals surface area contributed by atoms with E-state index in [0.29, 0.717) is 11.7 Å². The Kier molecular flexibility index (Phi) is 6.20. The van der Waals surface area contributed by atoms with Gasteiger partial charge in [-0.3, -0.25) is 4.39 Å². The lowest BCUT2D eigenvalue weighted by Gasteiger charge is -2.07. The van der Waals surface area contributed by atoms with Crippen LogP contribution in [0.4, 0.5) is 4.39 Å². The van der Waals surface area contributed by atoms with Crippen LogP contribution in [0.3, 0.4) is 0 Å². The average Bonchev–Trinajstić information content (AvgIpc) is 2.13. The summed E-state index contributed by atoms with van der Waals surface area (Å²) in [5.74, 6) is 0.781. The van der Waals surface area contributed by atoms with Crippen molar-refractivity contribution in [3.8, 4) is 0 Å². The van der Waals surface area contributed by atoms with Crippen LogP contribution in [-0.2, 0) is 4.84 Å². The molecule has 3 heteroatoms. The summed E-state index contributed by atoms with van der Waals surface area (Å²) >= 11 is 0. The Morgan fingerprint density at radius 2 is 2.23 bits per heavy atom. The van der Waals surface area contributed by atoms with Gasteiger partial charge in [-0.25, -0.2) is 0 Å². The molecule has 2 nitrogen and oxygen atoms in total. The third-order valence-electron chi connectivity index (χ3n) is 2.02. The predicted molar refractivity (Wildman–Crippen MR) is 53.4 cm³/mol. The lowest BCUT2D eigenvalue weighted by atomic mass is 10.1. The summed E-state index contributed by atoms with van der Waals surface area (Å²) in [4.78, 5) is 4.92. The van der Waals surface area contributed by atoms with Crippen LogP contribution in [0.5, 0.6) is 0 Å². The van der Waals surface area contributed by atoms with Crippen LogP contribution >= 0.6 is 0 Å². The summed E-state index contributed by atoms with van der Waals surface area (Å²) in [7, 11) is 0. The van der Waals surface area contributed by atoms with Gasteiger partial charge in [0.25, 0.3) is 0 Å². The molecule has 0 aromatic heterocycles. The molecule has 0 saturated heterocycles. The summed E-state index contributed by atoms with van der Waals surface area (Å²) in [6.07, 6.45) is 1.24. The number of nitrogens with zero attached hydrogens (tertiary/aromatic N) is 1. The van der Waals surface area contributed by atoms with Crippen molar-refractivity contribution in [2.45, 2.75) is 33.6 Å². The van der Waals surface area contributed by atoms with Crippen molar-refractivity contribution >= 4 is 5.71 Å². The van der Waals surface area contributed by atoms with Crippen molar-refractivity contribution in [1.29, 1.82) is 0 Å². The highest BCUT2D eigenvalue weighted by molar-refractivity contribution is 5.83. The average molecular weight is 187 g/mol. The third kappa shape index (κ3) is 5.39. The number of oxime groups is 1.